The summed E-state index contributed by atoms with van der Waals surface area (Å²) >= 11 is 1.45. The molecule has 1 rings (SSSR count). The van der Waals surface area contributed by atoms with Crippen molar-refractivity contribution < 1.29 is 4.79 Å². The topological polar surface area (TPSA) is 20.3 Å². The van der Waals surface area contributed by atoms with Gasteiger partial charge in [0.2, 0.25) is 0 Å². The summed E-state index contributed by atoms with van der Waals surface area (Å²) in [5.41, 5.74) is 0. The maximum Gasteiger partial charge on any atom is 0.281 e. The van der Waals surface area contributed by atoms with Crippen molar-refractivity contribution in [3.05, 3.63) is 0 Å². The third-order valence-electron chi connectivity index (χ3n) is 1.88. The van der Waals surface area contributed by atoms with Gasteiger partial charge in [-0.15, -0.1) is 0 Å². The minimum Gasteiger partial charge on any atom is -0.333 e. The van der Waals surface area contributed by atoms with Gasteiger partial charge in [-0.1, -0.05) is 31.5 Å². The zero-order chi connectivity index (χ0) is 8.10. The minimum atomic E-state index is 0.279. The van der Waals surface area contributed by atoms with Gasteiger partial charge in [0.15, 0.2) is 0 Å². The van der Waals surface area contributed by atoms with Gasteiger partial charge in [0.25, 0.3) is 5.24 Å². The minimum absolute atomic E-state index is 0.279. The molecule has 0 aromatic rings. The molecule has 1 saturated heterocycles. The van der Waals surface area contributed by atoms with E-state index in [9.17, 15) is 4.79 Å². The van der Waals surface area contributed by atoms with Crippen LogP contribution >= 0.6 is 11.8 Å². The molecule has 0 atom stereocenters. The maximum absolute atomic E-state index is 11.1. The predicted octanol–water partition coefficient (Wildman–Crippen LogP) is 2.35. The Kier molecular flexibility index (Phi) is 3.77. The second-order valence-corrected chi connectivity index (χ2v) is 3.85. The molecule has 1 amide bonds. The molecule has 0 aliphatic carbocycles. The molecule has 0 aromatic heterocycles. The number of hydrogen-bond donors (Lipinski definition) is 0. The van der Waals surface area contributed by atoms with Gasteiger partial charge >= 0.3 is 0 Å². The highest BCUT2D eigenvalue weighted by atomic mass is 32.2. The molecule has 2 nitrogen and oxygen atoms in total. The molecule has 1 fully saturated rings. The van der Waals surface area contributed by atoms with E-state index >= 15 is 0 Å². The van der Waals surface area contributed by atoms with E-state index < -0.39 is 0 Å². The average Bonchev–Trinajstić information content (AvgIpc) is 2.37. The lowest BCUT2D eigenvalue weighted by Gasteiger charge is -2.13. The number of unbranched alkanes of at least 4 members (excludes halogenated alkanes) is 2. The van der Waals surface area contributed by atoms with Gasteiger partial charge < -0.3 is 4.90 Å². The van der Waals surface area contributed by atoms with Gasteiger partial charge in [0.1, 0.15) is 0 Å². The van der Waals surface area contributed by atoms with Crippen LogP contribution in [-0.2, 0) is 0 Å². The number of hydrogen-bond acceptors (Lipinski definition) is 2. The van der Waals surface area contributed by atoms with E-state index in [1.165, 1.54) is 31.0 Å². The van der Waals surface area contributed by atoms with E-state index in [1.54, 1.807) is 0 Å². The Labute approximate surface area is 72.3 Å². The van der Waals surface area contributed by atoms with Crippen LogP contribution in [0.15, 0.2) is 0 Å². The molecule has 0 unspecified atom stereocenters. The summed E-state index contributed by atoms with van der Waals surface area (Å²) in [5, 5.41) is 0.279. The summed E-state index contributed by atoms with van der Waals surface area (Å²) in [4.78, 5) is 13.0. The number of thioether (sulfide) groups is 1. The zero-order valence-electron chi connectivity index (χ0n) is 7.01. The molecule has 1 aliphatic rings. The monoisotopic (exact) mass is 173 g/mol. The largest absolute Gasteiger partial charge is 0.333 e. The second kappa shape index (κ2) is 4.65. The van der Waals surface area contributed by atoms with Crippen LogP contribution < -0.4 is 0 Å². The molecular formula is C8H15NOS. The first-order chi connectivity index (χ1) is 5.34. The number of amides is 1. The first-order valence-electron chi connectivity index (χ1n) is 4.26. The van der Waals surface area contributed by atoms with Crippen LogP contribution in [0.25, 0.3) is 0 Å². The quantitative estimate of drug-likeness (QED) is 0.608. The van der Waals surface area contributed by atoms with Crippen molar-refractivity contribution in [2.24, 2.45) is 0 Å². The molecule has 64 valence electrons. The predicted molar refractivity (Wildman–Crippen MR) is 49.0 cm³/mol. The smallest absolute Gasteiger partial charge is 0.281 e. The van der Waals surface area contributed by atoms with E-state index in [1.807, 2.05) is 4.90 Å². The van der Waals surface area contributed by atoms with Crippen molar-refractivity contribution in [2.45, 2.75) is 26.2 Å². The van der Waals surface area contributed by atoms with Crippen molar-refractivity contribution in [1.29, 1.82) is 0 Å². The van der Waals surface area contributed by atoms with Crippen LogP contribution in [0.2, 0.25) is 0 Å². The number of carbonyl (C=O) groups excluding carboxylic acids is 1. The normalized spacial score (nSPS) is 17.9. The lowest BCUT2D eigenvalue weighted by Crippen LogP contribution is -2.24. The summed E-state index contributed by atoms with van der Waals surface area (Å²) in [6, 6.07) is 0. The molecule has 11 heavy (non-hydrogen) atoms. The van der Waals surface area contributed by atoms with E-state index in [0.29, 0.717) is 0 Å². The van der Waals surface area contributed by atoms with E-state index in [0.717, 1.165) is 18.8 Å². The van der Waals surface area contributed by atoms with Gasteiger partial charge in [-0.2, -0.15) is 0 Å². The fourth-order valence-electron chi connectivity index (χ4n) is 1.18. The third kappa shape index (κ3) is 2.73. The second-order valence-electron chi connectivity index (χ2n) is 2.81. The van der Waals surface area contributed by atoms with Crippen LogP contribution in [0, 0.1) is 0 Å². The summed E-state index contributed by atoms with van der Waals surface area (Å²) in [6.45, 7) is 4.12. The van der Waals surface area contributed by atoms with Crippen LogP contribution in [-0.4, -0.2) is 29.0 Å². The van der Waals surface area contributed by atoms with Crippen molar-refractivity contribution in [1.82, 2.24) is 4.90 Å². The van der Waals surface area contributed by atoms with Gasteiger partial charge in [0, 0.05) is 18.8 Å². The fraction of sp³-hybridized carbons (Fsp3) is 0.875. The number of carbonyl (C=O) groups is 1. The maximum atomic E-state index is 11.1. The molecule has 0 N–H and O–H groups in total. The number of nitrogens with zero attached hydrogens (tertiary/aromatic N) is 1. The molecule has 0 radical (unpaired) electrons. The highest BCUT2D eigenvalue weighted by Crippen LogP contribution is 2.17. The molecule has 3 heteroatoms. The van der Waals surface area contributed by atoms with E-state index in [4.69, 9.17) is 0 Å². The van der Waals surface area contributed by atoms with E-state index in [-0.39, 0.29) is 5.24 Å². The van der Waals surface area contributed by atoms with Crippen LogP contribution in [0.1, 0.15) is 26.2 Å². The highest BCUT2D eigenvalue weighted by molar-refractivity contribution is 8.13. The van der Waals surface area contributed by atoms with Crippen LogP contribution in [0.5, 0.6) is 0 Å². The molecule has 1 aliphatic heterocycles. The van der Waals surface area contributed by atoms with E-state index in [2.05, 4.69) is 6.92 Å². The van der Waals surface area contributed by atoms with Crippen LogP contribution in [0.3, 0.4) is 0 Å². The van der Waals surface area contributed by atoms with Crippen molar-refractivity contribution in [2.75, 3.05) is 18.8 Å². The van der Waals surface area contributed by atoms with Gasteiger partial charge in [-0.05, 0) is 6.42 Å². The third-order valence-corrected chi connectivity index (χ3v) is 2.77. The van der Waals surface area contributed by atoms with Crippen molar-refractivity contribution in [3.63, 3.8) is 0 Å². The molecule has 0 spiro atoms. The lowest BCUT2D eigenvalue weighted by atomic mass is 10.2. The molecule has 1 heterocycles. The Morgan fingerprint density at radius 3 is 2.91 bits per heavy atom. The van der Waals surface area contributed by atoms with Crippen molar-refractivity contribution in [3.8, 4) is 0 Å². The summed E-state index contributed by atoms with van der Waals surface area (Å²) in [5.74, 6) is 0.991. The fourth-order valence-corrected chi connectivity index (χ4v) is 2.03. The Morgan fingerprint density at radius 2 is 2.36 bits per heavy atom. The average molecular weight is 173 g/mol. The Balaban J connectivity index is 2.10. The molecule has 0 aromatic carbocycles. The summed E-state index contributed by atoms with van der Waals surface area (Å²) in [7, 11) is 0. The SMILES string of the molecule is CCCCCN1CCSC1=O. The lowest BCUT2D eigenvalue weighted by molar-refractivity contribution is 0.228. The van der Waals surface area contributed by atoms with Gasteiger partial charge in [0.05, 0.1) is 0 Å². The molecule has 0 bridgehead atoms. The molecular weight excluding hydrogens is 158 g/mol. The zero-order valence-corrected chi connectivity index (χ0v) is 7.82. The summed E-state index contributed by atoms with van der Waals surface area (Å²) in [6.07, 6.45) is 3.65. The van der Waals surface area contributed by atoms with Crippen LogP contribution in [0.4, 0.5) is 4.79 Å². The number of rotatable bonds is 4. The summed E-state index contributed by atoms with van der Waals surface area (Å²) < 4.78 is 0. The Hall–Kier alpha value is -0.180. The molecule has 0 saturated carbocycles. The Bertz CT molecular complexity index is 138. The Morgan fingerprint density at radius 1 is 1.55 bits per heavy atom. The first kappa shape index (κ1) is 8.91. The highest BCUT2D eigenvalue weighted by Gasteiger charge is 2.19. The standard InChI is InChI=1S/C8H15NOS/c1-2-3-4-5-9-6-7-11-8(9)10/h2-7H2,1H3. The first-order valence-corrected chi connectivity index (χ1v) is 5.25. The van der Waals surface area contributed by atoms with Gasteiger partial charge in [-0.3, -0.25) is 4.79 Å². The van der Waals surface area contributed by atoms with Gasteiger partial charge in [-0.25, -0.2) is 0 Å². The van der Waals surface area contributed by atoms with Crippen molar-refractivity contribution >= 4 is 17.0 Å².